The minimum atomic E-state index is 0.0270. The van der Waals surface area contributed by atoms with Crippen molar-refractivity contribution in [3.63, 3.8) is 0 Å². The van der Waals surface area contributed by atoms with Crippen molar-refractivity contribution in [3.8, 4) is 0 Å². The lowest BCUT2D eigenvalue weighted by atomic mass is 10.2. The molecule has 0 saturated heterocycles. The molecule has 1 aliphatic carbocycles. The topological polar surface area (TPSA) is 49.8 Å². The fraction of sp³-hybridized carbons (Fsp3) is 0.417. The van der Waals surface area contributed by atoms with Crippen LogP contribution < -0.4 is 11.0 Å². The van der Waals surface area contributed by atoms with E-state index in [-0.39, 0.29) is 5.69 Å². The first-order chi connectivity index (χ1) is 7.79. The molecule has 16 heavy (non-hydrogen) atoms. The maximum atomic E-state index is 11.8. The van der Waals surface area contributed by atoms with Gasteiger partial charge in [-0.2, -0.15) is 0 Å². The van der Waals surface area contributed by atoms with Crippen LogP contribution in [0.2, 0.25) is 0 Å². The molecule has 84 valence electrons. The molecule has 0 unspecified atom stereocenters. The number of hydrogen-bond donors (Lipinski definition) is 2. The van der Waals surface area contributed by atoms with Crippen molar-refractivity contribution in [1.82, 2.24) is 14.9 Å². The predicted molar refractivity (Wildman–Crippen MR) is 63.6 cm³/mol. The van der Waals surface area contributed by atoms with Gasteiger partial charge in [-0.1, -0.05) is 6.07 Å². The Morgan fingerprint density at radius 2 is 2.31 bits per heavy atom. The molecule has 1 aromatic carbocycles. The monoisotopic (exact) mass is 217 g/mol. The molecule has 0 radical (unpaired) electrons. The van der Waals surface area contributed by atoms with E-state index in [0.29, 0.717) is 6.04 Å². The normalized spacial score (nSPS) is 15.8. The summed E-state index contributed by atoms with van der Waals surface area (Å²) in [4.78, 5) is 14.7. The van der Waals surface area contributed by atoms with Crippen LogP contribution in [0.1, 0.15) is 24.4 Å². The Morgan fingerprint density at radius 1 is 1.50 bits per heavy atom. The van der Waals surface area contributed by atoms with E-state index >= 15 is 0 Å². The Morgan fingerprint density at radius 3 is 3.00 bits per heavy atom. The smallest absolute Gasteiger partial charge is 0.316 e. The Labute approximate surface area is 93.3 Å². The number of rotatable bonds is 3. The molecule has 0 spiro atoms. The number of aromatic amines is 1. The summed E-state index contributed by atoms with van der Waals surface area (Å²) in [5.74, 6) is 0. The zero-order valence-corrected chi connectivity index (χ0v) is 9.29. The highest BCUT2D eigenvalue weighted by Gasteiger charge is 2.27. The SMILES string of the molecule is CNCc1ccc2[nH]c(=O)n(C3CC3)c2c1. The molecule has 3 rings (SSSR count). The second-order valence-corrected chi connectivity index (χ2v) is 4.41. The van der Waals surface area contributed by atoms with Crippen LogP contribution in [0, 0.1) is 0 Å². The third kappa shape index (κ3) is 1.46. The van der Waals surface area contributed by atoms with Crippen LogP contribution in [0.15, 0.2) is 23.0 Å². The van der Waals surface area contributed by atoms with Crippen molar-refractivity contribution >= 4 is 11.0 Å². The minimum absolute atomic E-state index is 0.0270. The minimum Gasteiger partial charge on any atom is -0.316 e. The maximum Gasteiger partial charge on any atom is 0.326 e. The molecule has 4 nitrogen and oxygen atoms in total. The molecule has 1 aliphatic rings. The van der Waals surface area contributed by atoms with E-state index in [1.165, 1.54) is 5.56 Å². The lowest BCUT2D eigenvalue weighted by Crippen LogP contribution is -2.15. The summed E-state index contributed by atoms with van der Waals surface area (Å²) in [5, 5.41) is 3.12. The van der Waals surface area contributed by atoms with Gasteiger partial charge in [0.25, 0.3) is 0 Å². The van der Waals surface area contributed by atoms with Gasteiger partial charge in [-0.25, -0.2) is 4.79 Å². The summed E-state index contributed by atoms with van der Waals surface area (Å²) in [6, 6.07) is 6.56. The molecule has 1 fully saturated rings. The van der Waals surface area contributed by atoms with Crippen LogP contribution in [0.3, 0.4) is 0 Å². The Kier molecular flexibility index (Phi) is 2.11. The van der Waals surface area contributed by atoms with Crippen molar-refractivity contribution in [2.75, 3.05) is 7.05 Å². The molecule has 4 heteroatoms. The fourth-order valence-corrected chi connectivity index (χ4v) is 2.18. The van der Waals surface area contributed by atoms with Gasteiger partial charge in [-0.15, -0.1) is 0 Å². The van der Waals surface area contributed by atoms with Gasteiger partial charge in [0.1, 0.15) is 0 Å². The zero-order chi connectivity index (χ0) is 11.1. The zero-order valence-electron chi connectivity index (χ0n) is 9.29. The number of nitrogens with one attached hydrogen (secondary N) is 2. The highest BCUT2D eigenvalue weighted by Crippen LogP contribution is 2.35. The Hall–Kier alpha value is -1.55. The molecule has 0 aliphatic heterocycles. The Bertz CT molecular complexity index is 577. The first kappa shape index (κ1) is 9.66. The van der Waals surface area contributed by atoms with Gasteiger partial charge in [0.15, 0.2) is 0 Å². The average Bonchev–Trinajstić information content (AvgIpc) is 3.02. The summed E-state index contributed by atoms with van der Waals surface area (Å²) in [7, 11) is 1.93. The van der Waals surface area contributed by atoms with Gasteiger partial charge >= 0.3 is 5.69 Å². The van der Waals surface area contributed by atoms with Gasteiger partial charge in [0.2, 0.25) is 0 Å². The van der Waals surface area contributed by atoms with E-state index in [1.54, 1.807) is 0 Å². The molecule has 0 atom stereocenters. The summed E-state index contributed by atoms with van der Waals surface area (Å²) in [5.41, 5.74) is 3.22. The summed E-state index contributed by atoms with van der Waals surface area (Å²) in [6.07, 6.45) is 2.26. The van der Waals surface area contributed by atoms with Gasteiger partial charge in [-0.3, -0.25) is 4.57 Å². The van der Waals surface area contributed by atoms with Crippen LogP contribution in [0.5, 0.6) is 0 Å². The number of hydrogen-bond acceptors (Lipinski definition) is 2. The second kappa shape index (κ2) is 3.49. The van der Waals surface area contributed by atoms with Crippen LogP contribution in [-0.4, -0.2) is 16.6 Å². The quantitative estimate of drug-likeness (QED) is 0.816. The van der Waals surface area contributed by atoms with Crippen LogP contribution >= 0.6 is 0 Å². The van der Waals surface area contributed by atoms with E-state index < -0.39 is 0 Å². The molecular weight excluding hydrogens is 202 g/mol. The molecule has 0 bridgehead atoms. The van der Waals surface area contributed by atoms with Crippen molar-refractivity contribution in [1.29, 1.82) is 0 Å². The number of nitrogens with zero attached hydrogens (tertiary/aromatic N) is 1. The van der Waals surface area contributed by atoms with Crippen molar-refractivity contribution in [3.05, 3.63) is 34.2 Å². The van der Waals surface area contributed by atoms with E-state index in [9.17, 15) is 4.79 Å². The van der Waals surface area contributed by atoms with Gasteiger partial charge in [0, 0.05) is 12.6 Å². The van der Waals surface area contributed by atoms with Crippen LogP contribution in [0.25, 0.3) is 11.0 Å². The average molecular weight is 217 g/mol. The molecule has 1 heterocycles. The van der Waals surface area contributed by atoms with E-state index in [0.717, 1.165) is 30.4 Å². The summed E-state index contributed by atoms with van der Waals surface area (Å²) in [6.45, 7) is 0.833. The highest BCUT2D eigenvalue weighted by molar-refractivity contribution is 5.76. The van der Waals surface area contributed by atoms with E-state index in [4.69, 9.17) is 0 Å². The van der Waals surface area contributed by atoms with Crippen LogP contribution in [0.4, 0.5) is 0 Å². The number of fused-ring (bicyclic) bond motifs is 1. The standard InChI is InChI=1S/C12H15N3O/c1-13-7-8-2-5-10-11(6-8)15(9-3-4-9)12(16)14-10/h2,5-6,9,13H,3-4,7H2,1H3,(H,14,16). The fourth-order valence-electron chi connectivity index (χ4n) is 2.18. The molecule has 0 amide bonds. The first-order valence-electron chi connectivity index (χ1n) is 5.67. The van der Waals surface area contributed by atoms with E-state index in [1.807, 2.05) is 23.7 Å². The van der Waals surface area contributed by atoms with E-state index in [2.05, 4.69) is 16.4 Å². The highest BCUT2D eigenvalue weighted by atomic mass is 16.1. The lowest BCUT2D eigenvalue weighted by molar-refractivity contribution is 0.732. The Balaban J connectivity index is 2.19. The molecule has 2 N–H and O–H groups in total. The van der Waals surface area contributed by atoms with Gasteiger partial charge < -0.3 is 10.3 Å². The molecule has 2 aromatic rings. The largest absolute Gasteiger partial charge is 0.326 e. The number of benzene rings is 1. The van der Waals surface area contributed by atoms with Crippen LogP contribution in [-0.2, 0) is 6.54 Å². The van der Waals surface area contributed by atoms with Crippen molar-refractivity contribution < 1.29 is 0 Å². The predicted octanol–water partition coefficient (Wildman–Crippen LogP) is 1.38. The first-order valence-corrected chi connectivity index (χ1v) is 5.67. The van der Waals surface area contributed by atoms with Crippen molar-refractivity contribution in [2.45, 2.75) is 25.4 Å². The number of H-pyrrole nitrogens is 1. The second-order valence-electron chi connectivity index (χ2n) is 4.41. The summed E-state index contributed by atoms with van der Waals surface area (Å²) < 4.78 is 1.90. The van der Waals surface area contributed by atoms with Gasteiger partial charge in [-0.05, 0) is 37.6 Å². The number of imidazole rings is 1. The molecule has 1 aromatic heterocycles. The number of aromatic nitrogens is 2. The molecular formula is C12H15N3O. The summed E-state index contributed by atoms with van der Waals surface area (Å²) >= 11 is 0. The van der Waals surface area contributed by atoms with Crippen molar-refractivity contribution in [2.24, 2.45) is 0 Å². The lowest BCUT2D eigenvalue weighted by Gasteiger charge is -2.03. The third-order valence-electron chi connectivity index (χ3n) is 3.08. The van der Waals surface area contributed by atoms with Gasteiger partial charge in [0.05, 0.1) is 11.0 Å². The maximum absolute atomic E-state index is 11.8. The third-order valence-corrected chi connectivity index (χ3v) is 3.08. The molecule has 1 saturated carbocycles.